The van der Waals surface area contributed by atoms with Crippen molar-refractivity contribution < 1.29 is 9.53 Å². The molecule has 4 heteroatoms. The van der Waals surface area contributed by atoms with Gasteiger partial charge >= 0.3 is 0 Å². The maximum atomic E-state index is 11.6. The van der Waals surface area contributed by atoms with Gasteiger partial charge in [0, 0.05) is 0 Å². The van der Waals surface area contributed by atoms with Crippen LogP contribution in [0, 0.1) is 26.2 Å². The van der Waals surface area contributed by atoms with Gasteiger partial charge in [0.1, 0.15) is 12.4 Å². The van der Waals surface area contributed by atoms with E-state index in [0.29, 0.717) is 6.61 Å². The molecule has 1 aromatic carbocycles. The van der Waals surface area contributed by atoms with Gasteiger partial charge in [-0.05, 0) is 57.4 Å². The molecule has 0 unspecified atom stereocenters. The Balaban J connectivity index is 2.84. The second-order valence-corrected chi connectivity index (χ2v) is 5.35. The molecular formula is C14H22N2O2. The van der Waals surface area contributed by atoms with Crippen molar-refractivity contribution in [2.24, 2.45) is 11.3 Å². The number of carbonyl (C=O) groups is 1. The van der Waals surface area contributed by atoms with Crippen LogP contribution in [0.2, 0.25) is 0 Å². The van der Waals surface area contributed by atoms with Crippen LogP contribution >= 0.6 is 0 Å². The van der Waals surface area contributed by atoms with Gasteiger partial charge in [-0.2, -0.15) is 0 Å². The summed E-state index contributed by atoms with van der Waals surface area (Å²) in [7, 11) is 0. The molecule has 0 aliphatic carbocycles. The molecular weight excluding hydrogens is 228 g/mol. The Hall–Kier alpha value is -1.55. The highest BCUT2D eigenvalue weighted by atomic mass is 16.5. The van der Waals surface area contributed by atoms with Gasteiger partial charge in [-0.1, -0.05) is 6.07 Å². The van der Waals surface area contributed by atoms with E-state index in [2.05, 4.69) is 11.5 Å². The molecule has 0 heterocycles. The first-order valence-corrected chi connectivity index (χ1v) is 5.99. The lowest BCUT2D eigenvalue weighted by atomic mass is 9.94. The fraction of sp³-hybridized carbons (Fsp3) is 0.500. The van der Waals surface area contributed by atoms with E-state index < -0.39 is 5.41 Å². The van der Waals surface area contributed by atoms with Gasteiger partial charge in [0.15, 0.2) is 0 Å². The van der Waals surface area contributed by atoms with Gasteiger partial charge in [-0.25, -0.2) is 5.84 Å². The van der Waals surface area contributed by atoms with Crippen LogP contribution in [0.25, 0.3) is 0 Å². The van der Waals surface area contributed by atoms with E-state index in [4.69, 9.17) is 10.6 Å². The fourth-order valence-corrected chi connectivity index (χ4v) is 1.67. The highest BCUT2D eigenvalue weighted by molar-refractivity contribution is 5.81. The number of hydrogen-bond acceptors (Lipinski definition) is 3. The van der Waals surface area contributed by atoms with Gasteiger partial charge in [0.2, 0.25) is 5.91 Å². The maximum Gasteiger partial charge on any atom is 0.242 e. The van der Waals surface area contributed by atoms with Crippen molar-refractivity contribution in [3.05, 3.63) is 28.8 Å². The molecule has 4 nitrogen and oxygen atoms in total. The van der Waals surface area contributed by atoms with Crippen LogP contribution < -0.4 is 16.0 Å². The first-order chi connectivity index (χ1) is 8.27. The minimum Gasteiger partial charge on any atom is -0.492 e. The predicted octanol–water partition coefficient (Wildman–Crippen LogP) is 2.01. The smallest absolute Gasteiger partial charge is 0.242 e. The zero-order valence-electron chi connectivity index (χ0n) is 11.8. The summed E-state index contributed by atoms with van der Waals surface area (Å²) in [5.74, 6) is 5.74. The molecule has 0 saturated heterocycles. The predicted molar refractivity (Wildman–Crippen MR) is 72.3 cm³/mol. The molecule has 0 saturated carbocycles. The Morgan fingerprint density at radius 2 is 1.94 bits per heavy atom. The largest absolute Gasteiger partial charge is 0.492 e. The highest BCUT2D eigenvalue weighted by Crippen LogP contribution is 2.25. The molecule has 18 heavy (non-hydrogen) atoms. The number of hydrazine groups is 1. The van der Waals surface area contributed by atoms with Crippen molar-refractivity contribution in [2.75, 3.05) is 6.61 Å². The summed E-state index contributed by atoms with van der Waals surface area (Å²) < 4.78 is 5.77. The van der Waals surface area contributed by atoms with Crippen LogP contribution in [0.1, 0.15) is 30.5 Å². The standard InChI is InChI=1S/C14H22N2O2/c1-9-6-10(2)11(3)12(7-9)18-8-14(4,5)13(17)16-15/h6-7H,8,15H2,1-5H3,(H,16,17). The van der Waals surface area contributed by atoms with Gasteiger partial charge < -0.3 is 4.74 Å². The molecule has 1 amide bonds. The summed E-state index contributed by atoms with van der Waals surface area (Å²) in [5, 5.41) is 0. The lowest BCUT2D eigenvalue weighted by Crippen LogP contribution is -2.44. The van der Waals surface area contributed by atoms with Crippen LogP contribution in [0.3, 0.4) is 0 Å². The first kappa shape index (κ1) is 14.5. The Morgan fingerprint density at radius 3 is 2.50 bits per heavy atom. The average molecular weight is 250 g/mol. The summed E-state index contributed by atoms with van der Waals surface area (Å²) in [6, 6.07) is 4.10. The number of amides is 1. The normalized spacial score (nSPS) is 11.2. The van der Waals surface area contributed by atoms with Crippen molar-refractivity contribution in [3.63, 3.8) is 0 Å². The lowest BCUT2D eigenvalue weighted by molar-refractivity contribution is -0.130. The molecule has 1 aromatic rings. The van der Waals surface area contributed by atoms with E-state index in [0.717, 1.165) is 16.9 Å². The second-order valence-electron chi connectivity index (χ2n) is 5.35. The molecule has 0 aliphatic rings. The second kappa shape index (κ2) is 5.40. The number of carbonyl (C=O) groups excluding carboxylic acids is 1. The SMILES string of the molecule is Cc1cc(C)c(C)c(OCC(C)(C)C(=O)NN)c1. The van der Waals surface area contributed by atoms with Crippen molar-refractivity contribution >= 4 is 5.91 Å². The molecule has 0 aromatic heterocycles. The van der Waals surface area contributed by atoms with Crippen molar-refractivity contribution in [3.8, 4) is 5.75 Å². The molecule has 100 valence electrons. The highest BCUT2D eigenvalue weighted by Gasteiger charge is 2.28. The molecule has 0 bridgehead atoms. The van der Waals surface area contributed by atoms with E-state index in [1.54, 1.807) is 13.8 Å². The van der Waals surface area contributed by atoms with E-state index in [9.17, 15) is 4.79 Å². The van der Waals surface area contributed by atoms with Gasteiger partial charge in [0.25, 0.3) is 0 Å². The Morgan fingerprint density at radius 1 is 1.33 bits per heavy atom. The summed E-state index contributed by atoms with van der Waals surface area (Å²) in [5.41, 5.74) is 4.94. The topological polar surface area (TPSA) is 64.3 Å². The molecule has 0 fully saturated rings. The number of rotatable bonds is 4. The molecule has 3 N–H and O–H groups in total. The number of aryl methyl sites for hydroxylation is 2. The van der Waals surface area contributed by atoms with Crippen LogP contribution in [0.4, 0.5) is 0 Å². The van der Waals surface area contributed by atoms with Crippen molar-refractivity contribution in [2.45, 2.75) is 34.6 Å². The van der Waals surface area contributed by atoms with Crippen LogP contribution in [-0.2, 0) is 4.79 Å². The average Bonchev–Trinajstić information content (AvgIpc) is 2.30. The van der Waals surface area contributed by atoms with Crippen molar-refractivity contribution in [1.82, 2.24) is 5.43 Å². The van der Waals surface area contributed by atoms with Crippen LogP contribution in [-0.4, -0.2) is 12.5 Å². The molecule has 1 rings (SSSR count). The minimum absolute atomic E-state index is 0.232. The third-order valence-electron chi connectivity index (χ3n) is 3.10. The van der Waals surface area contributed by atoms with Crippen molar-refractivity contribution in [1.29, 1.82) is 0 Å². The fourth-order valence-electron chi connectivity index (χ4n) is 1.67. The van der Waals surface area contributed by atoms with E-state index in [1.807, 2.05) is 26.8 Å². The third kappa shape index (κ3) is 3.23. The van der Waals surface area contributed by atoms with Gasteiger partial charge in [-0.3, -0.25) is 10.2 Å². The molecule has 0 spiro atoms. The number of ether oxygens (including phenoxy) is 1. The third-order valence-corrected chi connectivity index (χ3v) is 3.10. The van der Waals surface area contributed by atoms with Gasteiger partial charge in [0.05, 0.1) is 5.41 Å². The number of nitrogens with two attached hydrogens (primary N) is 1. The summed E-state index contributed by atoms with van der Waals surface area (Å²) in [6.07, 6.45) is 0. The number of hydrogen-bond donors (Lipinski definition) is 2. The quantitative estimate of drug-likeness (QED) is 0.488. The molecule has 0 radical (unpaired) electrons. The minimum atomic E-state index is -0.654. The lowest BCUT2D eigenvalue weighted by Gasteiger charge is -2.23. The summed E-state index contributed by atoms with van der Waals surface area (Å²) in [6.45, 7) is 9.98. The zero-order chi connectivity index (χ0) is 13.9. The molecule has 0 aliphatic heterocycles. The Kier molecular flexibility index (Phi) is 4.35. The molecule has 0 atom stereocenters. The number of benzene rings is 1. The monoisotopic (exact) mass is 250 g/mol. The van der Waals surface area contributed by atoms with E-state index in [1.165, 1.54) is 5.56 Å². The number of nitrogens with one attached hydrogen (secondary N) is 1. The van der Waals surface area contributed by atoms with Gasteiger partial charge in [-0.15, -0.1) is 0 Å². The van der Waals surface area contributed by atoms with E-state index in [-0.39, 0.29) is 5.91 Å². The van der Waals surface area contributed by atoms with Crippen LogP contribution in [0.5, 0.6) is 5.75 Å². The summed E-state index contributed by atoms with van der Waals surface area (Å²) in [4.78, 5) is 11.6. The Labute approximate surface area is 108 Å². The zero-order valence-corrected chi connectivity index (χ0v) is 11.8. The summed E-state index contributed by atoms with van der Waals surface area (Å²) >= 11 is 0. The van der Waals surface area contributed by atoms with E-state index >= 15 is 0 Å². The maximum absolute atomic E-state index is 11.6. The first-order valence-electron chi connectivity index (χ1n) is 5.99. The Bertz CT molecular complexity index is 453. The van der Waals surface area contributed by atoms with Crippen LogP contribution in [0.15, 0.2) is 12.1 Å².